The molecule has 0 unspecified atom stereocenters. The fraction of sp³-hybridized carbons (Fsp3) is 0.118. The Bertz CT molecular complexity index is 817. The van der Waals surface area contributed by atoms with Crippen LogP contribution in [0, 0.1) is 19.7 Å². The van der Waals surface area contributed by atoms with E-state index in [9.17, 15) is 9.18 Å². The molecule has 20 heavy (non-hydrogen) atoms. The summed E-state index contributed by atoms with van der Waals surface area (Å²) >= 11 is 0. The molecule has 1 aromatic heterocycles. The van der Waals surface area contributed by atoms with Crippen LogP contribution in [0.1, 0.15) is 27.0 Å². The first-order chi connectivity index (χ1) is 9.58. The highest BCUT2D eigenvalue weighted by Gasteiger charge is 2.16. The summed E-state index contributed by atoms with van der Waals surface area (Å²) in [5.74, 6) is -0.517. The molecule has 0 saturated carbocycles. The van der Waals surface area contributed by atoms with Gasteiger partial charge in [0.2, 0.25) is 0 Å². The zero-order chi connectivity index (χ0) is 14.3. The fourth-order valence-electron chi connectivity index (χ4n) is 2.44. The van der Waals surface area contributed by atoms with E-state index in [1.54, 1.807) is 25.3 Å². The number of aromatic amines is 1. The van der Waals surface area contributed by atoms with E-state index in [1.807, 2.05) is 25.1 Å². The highest BCUT2D eigenvalue weighted by Crippen LogP contribution is 2.24. The minimum Gasteiger partial charge on any atom is -0.360 e. The van der Waals surface area contributed by atoms with Gasteiger partial charge in [-0.1, -0.05) is 24.3 Å². The third kappa shape index (κ3) is 1.92. The highest BCUT2D eigenvalue weighted by molar-refractivity contribution is 6.16. The third-order valence-electron chi connectivity index (χ3n) is 3.59. The topological polar surface area (TPSA) is 32.9 Å². The lowest BCUT2D eigenvalue weighted by atomic mass is 9.99. The molecule has 3 rings (SSSR count). The van der Waals surface area contributed by atoms with Crippen molar-refractivity contribution in [3.05, 3.63) is 70.7 Å². The lowest BCUT2D eigenvalue weighted by Gasteiger charge is -2.03. The summed E-state index contributed by atoms with van der Waals surface area (Å²) in [6.45, 7) is 3.64. The summed E-state index contributed by atoms with van der Waals surface area (Å²) in [5, 5.41) is 0.901. The largest absolute Gasteiger partial charge is 0.360 e. The van der Waals surface area contributed by atoms with Crippen molar-refractivity contribution >= 4 is 16.7 Å². The Morgan fingerprint density at radius 1 is 1.10 bits per heavy atom. The molecule has 0 fully saturated rings. The number of hydrogen-bond acceptors (Lipinski definition) is 1. The standard InChI is InChI=1S/C17H14FNO/c1-10-6-7-12(8-14(10)18)17(20)13-9-19-15-5-3-4-11(2)16(13)15/h3-9,19H,1-2H3. The Hall–Kier alpha value is -2.42. The minimum absolute atomic E-state index is 0.163. The van der Waals surface area contributed by atoms with Crippen molar-refractivity contribution in [3.63, 3.8) is 0 Å². The van der Waals surface area contributed by atoms with Crippen molar-refractivity contribution in [1.82, 2.24) is 4.98 Å². The summed E-state index contributed by atoms with van der Waals surface area (Å²) < 4.78 is 13.6. The monoisotopic (exact) mass is 267 g/mol. The normalized spacial score (nSPS) is 10.9. The van der Waals surface area contributed by atoms with E-state index in [2.05, 4.69) is 4.98 Å². The Morgan fingerprint density at radius 3 is 2.65 bits per heavy atom. The molecule has 0 aliphatic rings. The average Bonchev–Trinajstić information content (AvgIpc) is 2.86. The number of nitrogens with one attached hydrogen (secondary N) is 1. The molecule has 3 heteroatoms. The van der Waals surface area contributed by atoms with Crippen molar-refractivity contribution in [2.75, 3.05) is 0 Å². The molecule has 100 valence electrons. The van der Waals surface area contributed by atoms with Crippen LogP contribution in [-0.4, -0.2) is 10.8 Å². The van der Waals surface area contributed by atoms with Gasteiger partial charge in [-0.05, 0) is 37.1 Å². The van der Waals surface area contributed by atoms with Crippen molar-refractivity contribution < 1.29 is 9.18 Å². The molecule has 1 heterocycles. The molecule has 0 aliphatic carbocycles. The van der Waals surface area contributed by atoms with Gasteiger partial charge in [-0.25, -0.2) is 4.39 Å². The van der Waals surface area contributed by atoms with Gasteiger partial charge in [0.1, 0.15) is 5.82 Å². The van der Waals surface area contributed by atoms with Gasteiger partial charge in [-0.2, -0.15) is 0 Å². The van der Waals surface area contributed by atoms with Gasteiger partial charge < -0.3 is 4.98 Å². The van der Waals surface area contributed by atoms with Crippen LogP contribution >= 0.6 is 0 Å². The Balaban J connectivity index is 2.15. The smallest absolute Gasteiger partial charge is 0.195 e. The van der Waals surface area contributed by atoms with Gasteiger partial charge in [0.05, 0.1) is 0 Å². The van der Waals surface area contributed by atoms with E-state index in [4.69, 9.17) is 0 Å². The van der Waals surface area contributed by atoms with Crippen LogP contribution in [0.2, 0.25) is 0 Å². The molecule has 0 atom stereocenters. The van der Waals surface area contributed by atoms with Crippen LogP contribution in [0.15, 0.2) is 42.6 Å². The van der Waals surface area contributed by atoms with Crippen molar-refractivity contribution in [2.45, 2.75) is 13.8 Å². The number of halogens is 1. The summed E-state index contributed by atoms with van der Waals surface area (Å²) in [4.78, 5) is 15.6. The molecule has 0 amide bonds. The van der Waals surface area contributed by atoms with Gasteiger partial charge >= 0.3 is 0 Å². The van der Waals surface area contributed by atoms with Gasteiger partial charge in [-0.3, -0.25) is 4.79 Å². The maximum atomic E-state index is 13.6. The van der Waals surface area contributed by atoms with E-state index < -0.39 is 0 Å². The number of aromatic nitrogens is 1. The maximum Gasteiger partial charge on any atom is 0.195 e. The van der Waals surface area contributed by atoms with Crippen LogP contribution < -0.4 is 0 Å². The number of fused-ring (bicyclic) bond motifs is 1. The molecule has 0 radical (unpaired) electrons. The van der Waals surface area contributed by atoms with E-state index in [-0.39, 0.29) is 11.6 Å². The summed E-state index contributed by atoms with van der Waals surface area (Å²) in [7, 11) is 0. The number of H-pyrrole nitrogens is 1. The molecule has 0 saturated heterocycles. The molecule has 1 N–H and O–H groups in total. The quantitative estimate of drug-likeness (QED) is 0.695. The second-order valence-corrected chi connectivity index (χ2v) is 4.99. The zero-order valence-corrected chi connectivity index (χ0v) is 11.3. The van der Waals surface area contributed by atoms with Gasteiger partial charge in [-0.15, -0.1) is 0 Å². The van der Waals surface area contributed by atoms with Crippen LogP contribution in [-0.2, 0) is 0 Å². The van der Waals surface area contributed by atoms with Crippen LogP contribution in [0.4, 0.5) is 4.39 Å². The van der Waals surface area contributed by atoms with E-state index in [0.717, 1.165) is 16.5 Å². The molecular weight excluding hydrogens is 253 g/mol. The SMILES string of the molecule is Cc1ccc(C(=O)c2c[nH]c3cccc(C)c23)cc1F. The van der Waals surface area contributed by atoms with Crippen molar-refractivity contribution in [2.24, 2.45) is 0 Å². The number of carbonyl (C=O) groups excluding carboxylic acids is 1. The zero-order valence-electron chi connectivity index (χ0n) is 11.3. The Kier molecular flexibility index (Phi) is 2.90. The Labute approximate surface area is 116 Å². The summed E-state index contributed by atoms with van der Waals surface area (Å²) in [6.07, 6.45) is 1.69. The molecule has 2 aromatic carbocycles. The first-order valence-corrected chi connectivity index (χ1v) is 6.45. The molecule has 2 nitrogen and oxygen atoms in total. The number of aryl methyl sites for hydroxylation is 2. The predicted octanol–water partition coefficient (Wildman–Crippen LogP) is 4.15. The molecular formula is C17H14FNO. The number of benzene rings is 2. The fourth-order valence-corrected chi connectivity index (χ4v) is 2.44. The minimum atomic E-state index is -0.354. The first-order valence-electron chi connectivity index (χ1n) is 6.45. The number of carbonyl (C=O) groups is 1. The Morgan fingerprint density at radius 2 is 1.90 bits per heavy atom. The van der Waals surface area contributed by atoms with Crippen molar-refractivity contribution in [3.8, 4) is 0 Å². The van der Waals surface area contributed by atoms with Gasteiger partial charge in [0.25, 0.3) is 0 Å². The second kappa shape index (κ2) is 4.60. The first kappa shape index (κ1) is 12.6. The van der Waals surface area contributed by atoms with Gasteiger partial charge in [0.15, 0.2) is 5.78 Å². The lowest BCUT2D eigenvalue weighted by molar-refractivity contribution is 0.104. The highest BCUT2D eigenvalue weighted by atomic mass is 19.1. The summed E-state index contributed by atoms with van der Waals surface area (Å²) in [6, 6.07) is 10.4. The maximum absolute atomic E-state index is 13.6. The molecule has 0 bridgehead atoms. The van der Waals surface area contributed by atoms with E-state index in [1.165, 1.54) is 6.07 Å². The van der Waals surface area contributed by atoms with E-state index in [0.29, 0.717) is 16.7 Å². The van der Waals surface area contributed by atoms with Crippen LogP contribution in [0.25, 0.3) is 10.9 Å². The predicted molar refractivity (Wildman–Crippen MR) is 77.6 cm³/mol. The molecule has 3 aromatic rings. The van der Waals surface area contributed by atoms with Gasteiger partial charge in [0, 0.05) is 28.2 Å². The van der Waals surface area contributed by atoms with Crippen LogP contribution in [0.3, 0.4) is 0 Å². The lowest BCUT2D eigenvalue weighted by Crippen LogP contribution is -2.02. The third-order valence-corrected chi connectivity index (χ3v) is 3.59. The average molecular weight is 267 g/mol. The van der Waals surface area contributed by atoms with Crippen molar-refractivity contribution in [1.29, 1.82) is 0 Å². The number of ketones is 1. The number of rotatable bonds is 2. The van der Waals surface area contributed by atoms with E-state index >= 15 is 0 Å². The molecule has 0 aliphatic heterocycles. The summed E-state index contributed by atoms with van der Waals surface area (Å²) in [5.41, 5.74) is 3.44. The van der Waals surface area contributed by atoms with Crippen LogP contribution in [0.5, 0.6) is 0 Å². The number of hydrogen-bond donors (Lipinski definition) is 1. The molecule has 0 spiro atoms. The second-order valence-electron chi connectivity index (χ2n) is 4.99.